The minimum Gasteiger partial charge on any atom is -0.394 e. The van der Waals surface area contributed by atoms with Crippen LogP contribution >= 0.6 is 15.9 Å². The molecule has 82 valence electrons. The zero-order chi connectivity index (χ0) is 11.1. The first-order valence-corrected chi connectivity index (χ1v) is 5.96. The lowest BCUT2D eigenvalue weighted by Crippen LogP contribution is -2.42. The Morgan fingerprint density at radius 2 is 2.20 bits per heavy atom. The lowest BCUT2D eigenvalue weighted by molar-refractivity contribution is 0.0674. The molecule has 3 heteroatoms. The number of likely N-dealkylation sites (N-methyl/N-ethyl adjacent to an activating group) is 1. The second-order valence-corrected chi connectivity index (χ2v) is 5.30. The molecule has 0 radical (unpaired) electrons. The van der Waals surface area contributed by atoms with Gasteiger partial charge in [-0.15, -0.1) is 0 Å². The van der Waals surface area contributed by atoms with Gasteiger partial charge in [-0.25, -0.2) is 0 Å². The Bertz CT molecular complexity index is 378. The van der Waals surface area contributed by atoms with Crippen molar-refractivity contribution < 1.29 is 5.11 Å². The van der Waals surface area contributed by atoms with Gasteiger partial charge in [0.05, 0.1) is 12.1 Å². The average Bonchev–Trinajstić information content (AvgIpc) is 2.56. The molecule has 1 aromatic carbocycles. The molecule has 1 aliphatic carbocycles. The molecule has 2 rings (SSSR count). The average molecular weight is 270 g/mol. The molecule has 2 nitrogen and oxygen atoms in total. The van der Waals surface area contributed by atoms with Crippen molar-refractivity contribution in [1.29, 1.82) is 0 Å². The Balaban J connectivity index is 2.51. The van der Waals surface area contributed by atoms with Gasteiger partial charge < -0.3 is 5.11 Å². The number of nitrogens with zero attached hydrogens (tertiary/aromatic N) is 1. The van der Waals surface area contributed by atoms with E-state index >= 15 is 0 Å². The number of aliphatic hydroxyl groups excluding tert-OH is 1. The first-order chi connectivity index (χ1) is 7.10. The summed E-state index contributed by atoms with van der Waals surface area (Å²) in [5.41, 5.74) is 2.46. The third-order valence-corrected chi connectivity index (χ3v) is 3.99. The fourth-order valence-electron chi connectivity index (χ4n) is 2.47. The monoisotopic (exact) mass is 269 g/mol. The third-order valence-electron chi connectivity index (χ3n) is 3.49. The molecule has 0 spiro atoms. The van der Waals surface area contributed by atoms with E-state index in [1.807, 2.05) is 14.1 Å². The van der Waals surface area contributed by atoms with Gasteiger partial charge in [0.1, 0.15) is 0 Å². The van der Waals surface area contributed by atoms with Crippen LogP contribution in [0, 0.1) is 0 Å². The Morgan fingerprint density at radius 3 is 2.80 bits per heavy atom. The maximum Gasteiger partial charge on any atom is 0.0694 e. The predicted molar refractivity (Wildman–Crippen MR) is 64.9 cm³/mol. The fourth-order valence-corrected chi connectivity index (χ4v) is 2.88. The van der Waals surface area contributed by atoms with Gasteiger partial charge >= 0.3 is 0 Å². The van der Waals surface area contributed by atoms with E-state index in [1.165, 1.54) is 11.1 Å². The van der Waals surface area contributed by atoms with Crippen molar-refractivity contribution in [1.82, 2.24) is 4.90 Å². The van der Waals surface area contributed by atoms with E-state index in [1.54, 1.807) is 0 Å². The smallest absolute Gasteiger partial charge is 0.0694 e. The van der Waals surface area contributed by atoms with Crippen molar-refractivity contribution in [2.24, 2.45) is 0 Å². The number of benzene rings is 1. The van der Waals surface area contributed by atoms with Crippen LogP contribution in [0.15, 0.2) is 22.7 Å². The highest BCUT2D eigenvalue weighted by molar-refractivity contribution is 9.10. The topological polar surface area (TPSA) is 23.5 Å². The van der Waals surface area contributed by atoms with Crippen molar-refractivity contribution in [3.05, 3.63) is 33.8 Å². The number of aliphatic hydroxyl groups is 1. The van der Waals surface area contributed by atoms with Gasteiger partial charge in [0.25, 0.3) is 0 Å². The van der Waals surface area contributed by atoms with Crippen molar-refractivity contribution in [3.63, 3.8) is 0 Å². The molecule has 0 bridgehead atoms. The van der Waals surface area contributed by atoms with E-state index < -0.39 is 0 Å². The van der Waals surface area contributed by atoms with Crippen LogP contribution in [0.3, 0.4) is 0 Å². The summed E-state index contributed by atoms with van der Waals surface area (Å²) >= 11 is 3.49. The number of hydrogen-bond donors (Lipinski definition) is 1. The van der Waals surface area contributed by atoms with Gasteiger partial charge in [-0.2, -0.15) is 0 Å². The molecule has 0 aliphatic heterocycles. The van der Waals surface area contributed by atoms with Crippen LogP contribution in [0.2, 0.25) is 0 Å². The second-order valence-electron chi connectivity index (χ2n) is 4.39. The molecule has 1 aliphatic rings. The maximum atomic E-state index is 9.65. The van der Waals surface area contributed by atoms with Crippen LogP contribution in [0.5, 0.6) is 0 Å². The summed E-state index contributed by atoms with van der Waals surface area (Å²) in [5, 5.41) is 9.65. The first kappa shape index (κ1) is 11.1. The van der Waals surface area contributed by atoms with Crippen LogP contribution in [0.25, 0.3) is 0 Å². The number of rotatable bonds is 2. The fraction of sp³-hybridized carbons (Fsp3) is 0.500. The Hall–Kier alpha value is -0.380. The highest BCUT2D eigenvalue weighted by Crippen LogP contribution is 2.40. The summed E-state index contributed by atoms with van der Waals surface area (Å²) in [6, 6.07) is 6.34. The molecule has 0 aromatic heterocycles. The number of halogens is 1. The number of hydrogen-bond acceptors (Lipinski definition) is 2. The Kier molecular flexibility index (Phi) is 2.88. The summed E-state index contributed by atoms with van der Waals surface area (Å²) in [4.78, 5) is 2.13. The van der Waals surface area contributed by atoms with Crippen LogP contribution in [-0.2, 0) is 12.0 Å². The minimum atomic E-state index is -0.171. The molecule has 0 saturated heterocycles. The van der Waals surface area contributed by atoms with E-state index in [4.69, 9.17) is 0 Å². The number of aryl methyl sites for hydroxylation is 1. The summed E-state index contributed by atoms with van der Waals surface area (Å²) in [5.74, 6) is 0. The van der Waals surface area contributed by atoms with E-state index in [-0.39, 0.29) is 12.1 Å². The summed E-state index contributed by atoms with van der Waals surface area (Å²) in [6.45, 7) is 0.189. The lowest BCUT2D eigenvalue weighted by Gasteiger charge is -2.35. The largest absolute Gasteiger partial charge is 0.394 e. The van der Waals surface area contributed by atoms with Crippen molar-refractivity contribution >= 4 is 15.9 Å². The van der Waals surface area contributed by atoms with Crippen LogP contribution in [0.4, 0.5) is 0 Å². The molecule has 0 heterocycles. The van der Waals surface area contributed by atoms with Gasteiger partial charge in [0.2, 0.25) is 0 Å². The Labute approximate surface area is 99.0 Å². The molecule has 1 atom stereocenters. The lowest BCUT2D eigenvalue weighted by atomic mass is 9.91. The van der Waals surface area contributed by atoms with E-state index in [2.05, 4.69) is 39.0 Å². The number of fused-ring (bicyclic) bond motifs is 1. The van der Waals surface area contributed by atoms with Crippen molar-refractivity contribution in [3.8, 4) is 0 Å². The summed E-state index contributed by atoms with van der Waals surface area (Å²) in [6.07, 6.45) is 2.05. The van der Waals surface area contributed by atoms with Gasteiger partial charge in [-0.1, -0.05) is 22.0 Å². The first-order valence-electron chi connectivity index (χ1n) is 5.17. The van der Waals surface area contributed by atoms with Crippen molar-refractivity contribution in [2.45, 2.75) is 18.4 Å². The van der Waals surface area contributed by atoms with E-state index in [0.717, 1.165) is 17.3 Å². The quantitative estimate of drug-likeness (QED) is 0.890. The SMILES string of the molecule is CN(C)C1(CO)CCc2cc(Br)ccc21. The van der Waals surface area contributed by atoms with E-state index in [0.29, 0.717) is 0 Å². The minimum absolute atomic E-state index is 0.171. The zero-order valence-electron chi connectivity index (χ0n) is 9.13. The van der Waals surface area contributed by atoms with E-state index in [9.17, 15) is 5.11 Å². The third kappa shape index (κ3) is 1.63. The molecule has 15 heavy (non-hydrogen) atoms. The molecule has 0 fully saturated rings. The molecule has 1 aromatic rings. The molecule has 1 unspecified atom stereocenters. The molecular weight excluding hydrogens is 254 g/mol. The van der Waals surface area contributed by atoms with Gasteiger partial charge in [-0.3, -0.25) is 4.90 Å². The molecule has 0 amide bonds. The predicted octanol–water partition coefficient (Wildman–Crippen LogP) is 2.14. The normalized spacial score (nSPS) is 24.6. The second kappa shape index (κ2) is 3.89. The molecule has 0 saturated carbocycles. The van der Waals surface area contributed by atoms with Gasteiger partial charge in [0, 0.05) is 4.47 Å². The van der Waals surface area contributed by atoms with Gasteiger partial charge in [0.15, 0.2) is 0 Å². The summed E-state index contributed by atoms with van der Waals surface area (Å²) < 4.78 is 1.12. The summed E-state index contributed by atoms with van der Waals surface area (Å²) in [7, 11) is 4.07. The van der Waals surface area contributed by atoms with Gasteiger partial charge in [-0.05, 0) is 50.2 Å². The van der Waals surface area contributed by atoms with Crippen LogP contribution < -0.4 is 0 Å². The Morgan fingerprint density at radius 1 is 1.47 bits per heavy atom. The highest BCUT2D eigenvalue weighted by atomic mass is 79.9. The van der Waals surface area contributed by atoms with Crippen LogP contribution in [0.1, 0.15) is 17.5 Å². The zero-order valence-corrected chi connectivity index (χ0v) is 10.7. The van der Waals surface area contributed by atoms with Crippen LogP contribution in [-0.4, -0.2) is 30.7 Å². The highest BCUT2D eigenvalue weighted by Gasteiger charge is 2.39. The standard InChI is InChI=1S/C12H16BrNO/c1-14(2)12(8-15)6-5-9-7-10(13)3-4-11(9)12/h3-4,7,15H,5-6,8H2,1-2H3. The maximum absolute atomic E-state index is 9.65. The van der Waals surface area contributed by atoms with Crippen molar-refractivity contribution in [2.75, 3.05) is 20.7 Å². The molecular formula is C12H16BrNO. The molecule has 1 N–H and O–H groups in total.